The fraction of sp³-hybridized carbons (Fsp3) is 0.414. The molecule has 3 rings (SSSR count). The Bertz CT molecular complexity index is 1290. The van der Waals surface area contributed by atoms with Gasteiger partial charge in [-0.3, -0.25) is 14.4 Å². The molecule has 2 atom stereocenters. The summed E-state index contributed by atoms with van der Waals surface area (Å²) in [4.78, 5) is 37.8. The Labute approximate surface area is 237 Å². The fourth-order valence-electron chi connectivity index (χ4n) is 3.88. The van der Waals surface area contributed by atoms with E-state index in [2.05, 4.69) is 17.2 Å². The number of aliphatic hydroxyl groups excluding tert-OH is 4. The molecule has 2 unspecified atom stereocenters. The van der Waals surface area contributed by atoms with Crippen LogP contribution in [0.3, 0.4) is 0 Å². The predicted octanol–water partition coefficient (Wildman–Crippen LogP) is 0.158. The molecule has 0 aliphatic carbocycles. The maximum Gasteiger partial charge on any atom is 0.305 e. The number of nitrogens with one attached hydrogen (secondary N) is 1. The van der Waals surface area contributed by atoms with E-state index in [9.17, 15) is 24.6 Å². The van der Waals surface area contributed by atoms with Crippen LogP contribution in [0.2, 0.25) is 0 Å². The SMILES string of the molecule is O=C(O)CCNC(=O)CCCC(=O)N1Cc2cc(OCC(O)CO)ccc2C#Cc2ccc(OCC(O)CO)cc21. The second kappa shape index (κ2) is 15.6. The first-order valence-corrected chi connectivity index (χ1v) is 13.1. The summed E-state index contributed by atoms with van der Waals surface area (Å²) in [5.41, 5.74) is 2.34. The molecule has 220 valence electrons. The summed E-state index contributed by atoms with van der Waals surface area (Å²) in [5.74, 6) is 5.28. The normalized spacial score (nSPS) is 13.3. The Morgan fingerprint density at radius 2 is 1.49 bits per heavy atom. The van der Waals surface area contributed by atoms with E-state index in [0.717, 1.165) is 0 Å². The van der Waals surface area contributed by atoms with E-state index in [1.165, 1.54) is 4.90 Å². The molecule has 0 saturated carbocycles. The lowest BCUT2D eigenvalue weighted by molar-refractivity contribution is -0.137. The van der Waals surface area contributed by atoms with Crippen LogP contribution in [0.5, 0.6) is 11.5 Å². The highest BCUT2D eigenvalue weighted by Crippen LogP contribution is 2.31. The van der Waals surface area contributed by atoms with Gasteiger partial charge in [-0.1, -0.05) is 11.8 Å². The number of aliphatic hydroxyl groups is 4. The van der Waals surface area contributed by atoms with Crippen molar-refractivity contribution in [3.05, 3.63) is 53.1 Å². The van der Waals surface area contributed by atoms with Crippen LogP contribution in [0.15, 0.2) is 36.4 Å². The number of benzene rings is 2. The second-order valence-corrected chi connectivity index (χ2v) is 9.37. The van der Waals surface area contributed by atoms with Crippen LogP contribution >= 0.6 is 0 Å². The van der Waals surface area contributed by atoms with Crippen molar-refractivity contribution in [3.8, 4) is 23.3 Å². The monoisotopic (exact) mass is 570 g/mol. The number of carboxylic acid groups (broad SMARTS) is 1. The van der Waals surface area contributed by atoms with Gasteiger partial charge in [0.15, 0.2) is 0 Å². The van der Waals surface area contributed by atoms with Crippen LogP contribution in [-0.4, -0.2) is 88.5 Å². The zero-order valence-corrected chi connectivity index (χ0v) is 22.4. The lowest BCUT2D eigenvalue weighted by Gasteiger charge is -2.27. The van der Waals surface area contributed by atoms with Crippen LogP contribution in [0.25, 0.3) is 0 Å². The molecule has 12 nitrogen and oxygen atoms in total. The minimum Gasteiger partial charge on any atom is -0.491 e. The molecule has 0 bridgehead atoms. The third-order valence-corrected chi connectivity index (χ3v) is 6.06. The summed E-state index contributed by atoms with van der Waals surface area (Å²) in [6.45, 7) is -1.10. The number of ether oxygens (including phenoxy) is 2. The highest BCUT2D eigenvalue weighted by molar-refractivity contribution is 5.95. The van der Waals surface area contributed by atoms with Gasteiger partial charge in [-0.15, -0.1) is 0 Å². The number of aliphatic carboxylic acids is 1. The minimum atomic E-state index is -1.08. The molecule has 0 saturated heterocycles. The maximum atomic E-state index is 13.5. The average Bonchev–Trinajstić information content (AvgIpc) is 2.95. The molecule has 12 heteroatoms. The second-order valence-electron chi connectivity index (χ2n) is 9.37. The Balaban J connectivity index is 1.84. The number of carbonyl (C=O) groups is 3. The Kier molecular flexibility index (Phi) is 11.9. The minimum absolute atomic E-state index is 0.00452. The van der Waals surface area contributed by atoms with Gasteiger partial charge in [-0.05, 0) is 42.3 Å². The molecule has 1 heterocycles. The number of rotatable bonds is 15. The smallest absolute Gasteiger partial charge is 0.305 e. The number of carboxylic acids is 1. The van der Waals surface area contributed by atoms with Gasteiger partial charge < -0.3 is 45.2 Å². The first-order chi connectivity index (χ1) is 19.7. The van der Waals surface area contributed by atoms with Gasteiger partial charge in [-0.25, -0.2) is 0 Å². The predicted molar refractivity (Wildman–Crippen MR) is 146 cm³/mol. The number of fused-ring (bicyclic) bond motifs is 2. The molecule has 1 aliphatic rings. The molecule has 2 aromatic rings. The summed E-state index contributed by atoms with van der Waals surface area (Å²) in [6.07, 6.45) is -2.04. The molecule has 6 N–H and O–H groups in total. The third kappa shape index (κ3) is 9.77. The van der Waals surface area contributed by atoms with Gasteiger partial charge in [0, 0.05) is 36.6 Å². The number of amides is 2. The van der Waals surface area contributed by atoms with Crippen molar-refractivity contribution in [1.82, 2.24) is 5.32 Å². The van der Waals surface area contributed by atoms with E-state index in [-0.39, 0.29) is 63.8 Å². The van der Waals surface area contributed by atoms with Crippen LogP contribution in [-0.2, 0) is 20.9 Å². The van der Waals surface area contributed by atoms with Crippen molar-refractivity contribution < 1.29 is 49.4 Å². The van der Waals surface area contributed by atoms with Crippen molar-refractivity contribution in [1.29, 1.82) is 0 Å². The maximum absolute atomic E-state index is 13.5. The van der Waals surface area contributed by atoms with Crippen LogP contribution < -0.4 is 19.7 Å². The lowest BCUT2D eigenvalue weighted by atomic mass is 10.0. The molecule has 0 spiro atoms. The molecule has 41 heavy (non-hydrogen) atoms. The Morgan fingerprint density at radius 3 is 2.12 bits per heavy atom. The van der Waals surface area contributed by atoms with E-state index >= 15 is 0 Å². The molecular formula is C29H34N2O10. The van der Waals surface area contributed by atoms with E-state index in [0.29, 0.717) is 33.9 Å². The van der Waals surface area contributed by atoms with Crippen molar-refractivity contribution in [2.45, 2.75) is 44.4 Å². The molecule has 1 aliphatic heterocycles. The molecule has 0 fully saturated rings. The van der Waals surface area contributed by atoms with Gasteiger partial charge in [0.05, 0.1) is 31.9 Å². The van der Waals surface area contributed by atoms with Crippen LogP contribution in [0, 0.1) is 11.8 Å². The van der Waals surface area contributed by atoms with Crippen LogP contribution in [0.1, 0.15) is 42.4 Å². The largest absolute Gasteiger partial charge is 0.491 e. The Hall–Kier alpha value is -4.15. The van der Waals surface area contributed by atoms with Crippen molar-refractivity contribution in [3.63, 3.8) is 0 Å². The highest BCUT2D eigenvalue weighted by atomic mass is 16.5. The summed E-state index contributed by atoms with van der Waals surface area (Å²) in [7, 11) is 0. The first-order valence-electron chi connectivity index (χ1n) is 13.1. The number of carbonyl (C=O) groups excluding carboxylic acids is 2. The van der Waals surface area contributed by atoms with Crippen molar-refractivity contribution >= 4 is 23.5 Å². The molecule has 0 radical (unpaired) electrons. The van der Waals surface area contributed by atoms with E-state index in [1.54, 1.807) is 36.4 Å². The molecular weight excluding hydrogens is 536 g/mol. The zero-order valence-electron chi connectivity index (χ0n) is 22.4. The van der Waals surface area contributed by atoms with Crippen LogP contribution in [0.4, 0.5) is 5.69 Å². The topological polar surface area (TPSA) is 186 Å². The van der Waals surface area contributed by atoms with Crippen molar-refractivity contribution in [2.75, 3.05) is 37.9 Å². The van der Waals surface area contributed by atoms with Gasteiger partial charge in [0.25, 0.3) is 0 Å². The van der Waals surface area contributed by atoms with Gasteiger partial charge >= 0.3 is 5.97 Å². The molecule has 2 aromatic carbocycles. The quantitative estimate of drug-likeness (QED) is 0.161. The van der Waals surface area contributed by atoms with Gasteiger partial charge in [0.1, 0.15) is 36.9 Å². The molecule has 0 aromatic heterocycles. The van der Waals surface area contributed by atoms with E-state index in [1.807, 2.05) is 0 Å². The number of nitrogens with zero attached hydrogens (tertiary/aromatic N) is 1. The van der Waals surface area contributed by atoms with E-state index < -0.39 is 31.4 Å². The number of hydrogen-bond acceptors (Lipinski definition) is 9. The summed E-state index contributed by atoms with van der Waals surface area (Å²) < 4.78 is 11.2. The Morgan fingerprint density at radius 1 is 0.878 bits per heavy atom. The van der Waals surface area contributed by atoms with Gasteiger partial charge in [0.2, 0.25) is 11.8 Å². The third-order valence-electron chi connectivity index (χ3n) is 6.06. The summed E-state index contributed by atoms with van der Waals surface area (Å²) >= 11 is 0. The number of hydrogen-bond donors (Lipinski definition) is 6. The van der Waals surface area contributed by atoms with E-state index in [4.69, 9.17) is 24.8 Å². The lowest BCUT2D eigenvalue weighted by Crippen LogP contribution is -2.32. The molecule has 2 amide bonds. The van der Waals surface area contributed by atoms with Crippen molar-refractivity contribution in [2.24, 2.45) is 0 Å². The summed E-state index contributed by atoms with van der Waals surface area (Å²) in [6, 6.07) is 10.1. The average molecular weight is 571 g/mol. The zero-order chi connectivity index (χ0) is 29.8. The number of anilines is 1. The highest BCUT2D eigenvalue weighted by Gasteiger charge is 2.23. The first kappa shape index (κ1) is 31.4. The standard InChI is InChI=1S/C29H34N2O10/c32-15-22(34)17-40-24-8-6-19-4-5-20-7-9-25(41-18-23(35)16-33)13-26(20)31(14-21(19)12-24)28(37)3-1-2-27(36)30-11-10-29(38)39/h6-9,12-13,22-23,32-35H,1-3,10-11,14-18H2,(H,30,36)(H,38,39). The summed E-state index contributed by atoms with van der Waals surface area (Å²) in [5, 5.41) is 48.7. The fourth-order valence-corrected chi connectivity index (χ4v) is 3.88. The van der Waals surface area contributed by atoms with Gasteiger partial charge in [-0.2, -0.15) is 0 Å².